The van der Waals surface area contributed by atoms with Crippen LogP contribution in [0.2, 0.25) is 0 Å². The Morgan fingerprint density at radius 2 is 2.18 bits per heavy atom. The van der Waals surface area contributed by atoms with Gasteiger partial charge in [0, 0.05) is 37.6 Å². The van der Waals surface area contributed by atoms with Crippen LogP contribution in [0.1, 0.15) is 23.9 Å². The van der Waals surface area contributed by atoms with Gasteiger partial charge in [-0.2, -0.15) is 4.37 Å². The predicted octanol–water partition coefficient (Wildman–Crippen LogP) is 2.58. The molecule has 6 heteroatoms. The van der Waals surface area contributed by atoms with Crippen LogP contribution in [0.5, 0.6) is 0 Å². The molecule has 22 heavy (non-hydrogen) atoms. The van der Waals surface area contributed by atoms with Gasteiger partial charge in [-0.25, -0.2) is 4.98 Å². The molecule has 2 unspecified atom stereocenters. The average molecular weight is 318 g/mol. The molecule has 0 radical (unpaired) electrons. The zero-order valence-electron chi connectivity index (χ0n) is 13.0. The van der Waals surface area contributed by atoms with Crippen LogP contribution in [0, 0.1) is 0 Å². The quantitative estimate of drug-likeness (QED) is 0.887. The van der Waals surface area contributed by atoms with E-state index in [2.05, 4.69) is 57.0 Å². The summed E-state index contributed by atoms with van der Waals surface area (Å²) in [4.78, 5) is 6.96. The molecule has 1 N–H and O–H groups in total. The summed E-state index contributed by atoms with van der Waals surface area (Å²) in [5.41, 5.74) is 1.35. The largest absolute Gasteiger partial charge is 0.384 e. The summed E-state index contributed by atoms with van der Waals surface area (Å²) < 4.78 is 9.46. The summed E-state index contributed by atoms with van der Waals surface area (Å²) in [6, 6.07) is 11.4. The van der Waals surface area contributed by atoms with Gasteiger partial charge in [0.05, 0.1) is 12.6 Å². The van der Waals surface area contributed by atoms with Gasteiger partial charge in [0.1, 0.15) is 5.82 Å². The first-order valence-electron chi connectivity index (χ1n) is 7.61. The van der Waals surface area contributed by atoms with Gasteiger partial charge in [0.15, 0.2) is 0 Å². The minimum atomic E-state index is 0.371. The first-order valence-corrected chi connectivity index (χ1v) is 8.38. The number of aromatic nitrogens is 2. The lowest BCUT2D eigenvalue weighted by atomic mass is 10.0. The number of benzene rings is 1. The Labute approximate surface area is 135 Å². The molecule has 1 aliphatic heterocycles. The maximum absolute atomic E-state index is 5.07. The van der Waals surface area contributed by atoms with Gasteiger partial charge in [-0.05, 0) is 19.0 Å². The number of rotatable bonds is 6. The van der Waals surface area contributed by atoms with E-state index in [0.29, 0.717) is 18.7 Å². The van der Waals surface area contributed by atoms with Crippen molar-refractivity contribution in [2.75, 3.05) is 32.6 Å². The Hall–Kier alpha value is -1.50. The number of anilines is 1. The van der Waals surface area contributed by atoms with Crippen molar-refractivity contribution in [2.45, 2.75) is 24.9 Å². The third-order valence-corrected chi connectivity index (χ3v) is 4.78. The van der Waals surface area contributed by atoms with Crippen LogP contribution in [0.3, 0.4) is 0 Å². The number of hydrogen-bond donors (Lipinski definition) is 1. The zero-order valence-corrected chi connectivity index (χ0v) is 13.8. The van der Waals surface area contributed by atoms with Crippen LogP contribution in [0.15, 0.2) is 30.3 Å². The summed E-state index contributed by atoms with van der Waals surface area (Å²) in [5.74, 6) is 0.858. The number of likely N-dealkylation sites (tertiary alicyclic amines) is 1. The molecular formula is C16H22N4OS. The van der Waals surface area contributed by atoms with Gasteiger partial charge in [0.25, 0.3) is 0 Å². The van der Waals surface area contributed by atoms with E-state index >= 15 is 0 Å². The second kappa shape index (κ2) is 7.17. The smallest absolute Gasteiger partial charge is 0.202 e. The molecule has 0 amide bonds. The Morgan fingerprint density at radius 3 is 2.95 bits per heavy atom. The van der Waals surface area contributed by atoms with Crippen LogP contribution >= 0.6 is 11.5 Å². The lowest BCUT2D eigenvalue weighted by Gasteiger charge is -2.25. The molecule has 2 atom stereocenters. The molecule has 2 aromatic rings. The number of nitrogens with one attached hydrogen (secondary N) is 1. The Bertz CT molecular complexity index is 589. The lowest BCUT2D eigenvalue weighted by molar-refractivity contribution is 0.201. The number of methoxy groups -OCH3 is 1. The van der Waals surface area contributed by atoms with Crippen molar-refractivity contribution >= 4 is 16.7 Å². The highest BCUT2D eigenvalue weighted by molar-refractivity contribution is 7.09. The molecule has 118 valence electrons. The van der Waals surface area contributed by atoms with Crippen LogP contribution in [-0.2, 0) is 11.2 Å². The molecule has 0 spiro atoms. The molecular weight excluding hydrogens is 296 g/mol. The number of ether oxygens (including phenoxy) is 1. The van der Waals surface area contributed by atoms with E-state index < -0.39 is 0 Å². The van der Waals surface area contributed by atoms with Gasteiger partial charge in [-0.1, -0.05) is 30.3 Å². The molecule has 1 aromatic heterocycles. The predicted molar refractivity (Wildman–Crippen MR) is 89.3 cm³/mol. The van der Waals surface area contributed by atoms with Crippen LogP contribution in [0.4, 0.5) is 5.13 Å². The van der Waals surface area contributed by atoms with E-state index in [4.69, 9.17) is 4.74 Å². The van der Waals surface area contributed by atoms with E-state index in [1.165, 1.54) is 17.1 Å². The van der Waals surface area contributed by atoms with Gasteiger partial charge in [0.2, 0.25) is 5.13 Å². The Kier molecular flexibility index (Phi) is 5.02. The summed E-state index contributed by atoms with van der Waals surface area (Å²) >= 11 is 1.44. The molecule has 0 saturated carbocycles. The van der Waals surface area contributed by atoms with Crippen LogP contribution < -0.4 is 5.32 Å². The Morgan fingerprint density at radius 1 is 1.36 bits per heavy atom. The van der Waals surface area contributed by atoms with Crippen molar-refractivity contribution in [2.24, 2.45) is 0 Å². The van der Waals surface area contributed by atoms with Crippen molar-refractivity contribution < 1.29 is 4.74 Å². The van der Waals surface area contributed by atoms with Crippen molar-refractivity contribution in [1.82, 2.24) is 14.3 Å². The second-order valence-corrected chi connectivity index (χ2v) is 6.39. The molecule has 3 rings (SSSR count). The number of likely N-dealkylation sites (N-methyl/N-ethyl adjacent to an activating group) is 1. The highest BCUT2D eigenvalue weighted by atomic mass is 32.1. The summed E-state index contributed by atoms with van der Waals surface area (Å²) in [5, 5.41) is 4.49. The van der Waals surface area contributed by atoms with E-state index in [1.54, 1.807) is 7.11 Å². The Balaban J connectivity index is 1.69. The van der Waals surface area contributed by atoms with E-state index in [1.807, 2.05) is 0 Å². The van der Waals surface area contributed by atoms with Crippen molar-refractivity contribution in [3.63, 3.8) is 0 Å². The molecule has 1 aliphatic rings. The van der Waals surface area contributed by atoms with E-state index in [0.717, 1.165) is 30.3 Å². The minimum absolute atomic E-state index is 0.371. The molecule has 5 nitrogen and oxygen atoms in total. The fourth-order valence-corrected chi connectivity index (χ4v) is 3.68. The molecule has 2 heterocycles. The number of hydrogen-bond acceptors (Lipinski definition) is 6. The van der Waals surface area contributed by atoms with Gasteiger partial charge in [-0.3, -0.25) is 4.90 Å². The van der Waals surface area contributed by atoms with Gasteiger partial charge >= 0.3 is 0 Å². The molecule has 1 aromatic carbocycles. The van der Waals surface area contributed by atoms with E-state index in [9.17, 15) is 0 Å². The maximum Gasteiger partial charge on any atom is 0.202 e. The summed E-state index contributed by atoms with van der Waals surface area (Å²) in [7, 11) is 3.88. The summed E-state index contributed by atoms with van der Waals surface area (Å²) in [6.07, 6.45) is 1.88. The van der Waals surface area contributed by atoms with Crippen LogP contribution in [0.25, 0.3) is 0 Å². The highest BCUT2D eigenvalue weighted by Crippen LogP contribution is 2.33. The van der Waals surface area contributed by atoms with Crippen molar-refractivity contribution in [3.05, 3.63) is 41.7 Å². The van der Waals surface area contributed by atoms with Gasteiger partial charge < -0.3 is 10.1 Å². The topological polar surface area (TPSA) is 50.3 Å². The third kappa shape index (κ3) is 3.45. The number of nitrogens with zero attached hydrogens (tertiary/aromatic N) is 3. The van der Waals surface area contributed by atoms with Gasteiger partial charge in [-0.15, -0.1) is 0 Å². The van der Waals surface area contributed by atoms with E-state index in [-0.39, 0.29) is 0 Å². The van der Waals surface area contributed by atoms with Crippen LogP contribution in [-0.4, -0.2) is 47.6 Å². The third-order valence-electron chi connectivity index (χ3n) is 4.10. The first kappa shape index (κ1) is 15.4. The molecule has 0 bridgehead atoms. The molecule has 1 fully saturated rings. The fourth-order valence-electron chi connectivity index (χ4n) is 3.00. The first-order chi connectivity index (χ1) is 10.8. The zero-order chi connectivity index (χ0) is 15.4. The lowest BCUT2D eigenvalue weighted by Crippen LogP contribution is -2.28. The monoisotopic (exact) mass is 318 g/mol. The van der Waals surface area contributed by atoms with Crippen molar-refractivity contribution in [1.29, 1.82) is 0 Å². The fraction of sp³-hybridized carbons (Fsp3) is 0.500. The molecule has 1 saturated heterocycles. The SMILES string of the molecule is COCCc1nsc(NC2CCN(C)C2c2ccccc2)n1. The van der Waals surface area contributed by atoms with Crippen molar-refractivity contribution in [3.8, 4) is 0 Å². The normalized spacial score (nSPS) is 22.1. The summed E-state index contributed by atoms with van der Waals surface area (Å²) in [6.45, 7) is 1.75. The standard InChI is InChI=1S/C16H22N4OS/c1-20-10-8-13(15(20)12-6-4-3-5-7-12)17-16-18-14(19-22-16)9-11-21-2/h3-7,13,15H,8-11H2,1-2H3,(H,17,18,19). The second-order valence-electron chi connectivity index (χ2n) is 5.63. The maximum atomic E-state index is 5.07. The molecule has 0 aliphatic carbocycles. The minimum Gasteiger partial charge on any atom is -0.384 e. The average Bonchev–Trinajstić information content (AvgIpc) is 3.13. The highest BCUT2D eigenvalue weighted by Gasteiger charge is 2.33.